The Morgan fingerprint density at radius 3 is 2.06 bits per heavy atom. The minimum Gasteiger partial charge on any atom is -0.324 e. The first kappa shape index (κ1) is 22.6. The summed E-state index contributed by atoms with van der Waals surface area (Å²) < 4.78 is 0. The second kappa shape index (κ2) is 9.57. The number of anilines is 1. The molecule has 0 bridgehead atoms. The number of nitrogens with zero attached hydrogens (tertiary/aromatic N) is 1. The van der Waals surface area contributed by atoms with E-state index in [1.165, 1.54) is 0 Å². The van der Waals surface area contributed by atoms with Crippen molar-refractivity contribution in [1.29, 1.82) is 0 Å². The van der Waals surface area contributed by atoms with Gasteiger partial charge in [0.2, 0.25) is 5.91 Å². The molecule has 0 unspecified atom stereocenters. The first-order chi connectivity index (χ1) is 17.0. The van der Waals surface area contributed by atoms with E-state index in [1.807, 2.05) is 48.5 Å². The second-order valence-corrected chi connectivity index (χ2v) is 8.73. The molecule has 0 fully saturated rings. The van der Waals surface area contributed by atoms with Gasteiger partial charge in [0.05, 0.1) is 6.04 Å². The molecule has 1 aliphatic rings. The largest absolute Gasteiger partial charge is 0.324 e. The van der Waals surface area contributed by atoms with Gasteiger partial charge < -0.3 is 10.2 Å². The van der Waals surface area contributed by atoms with E-state index in [0.717, 1.165) is 11.1 Å². The van der Waals surface area contributed by atoms with Crippen molar-refractivity contribution in [3.8, 4) is 0 Å². The van der Waals surface area contributed by atoms with E-state index in [2.05, 4.69) is 5.32 Å². The van der Waals surface area contributed by atoms with Gasteiger partial charge in [-0.25, -0.2) is 0 Å². The quantitative estimate of drug-likeness (QED) is 0.378. The summed E-state index contributed by atoms with van der Waals surface area (Å²) in [5, 5.41) is 3.40. The SMILES string of the molecule is O=C1CN(C(=O)c2ccc(C(=O)c3ccccc3)cc2)[C@H](c2ccccc2)c2cc(Cl)ccc2N1. The minimum absolute atomic E-state index is 0.121. The molecule has 0 aliphatic carbocycles. The molecule has 6 heteroatoms. The molecule has 1 N–H and O–H groups in total. The summed E-state index contributed by atoms with van der Waals surface area (Å²) in [6.45, 7) is -0.130. The number of hydrogen-bond donors (Lipinski definition) is 1. The van der Waals surface area contributed by atoms with E-state index in [9.17, 15) is 14.4 Å². The van der Waals surface area contributed by atoms with Gasteiger partial charge in [0.25, 0.3) is 5.91 Å². The van der Waals surface area contributed by atoms with Gasteiger partial charge in [-0.2, -0.15) is 0 Å². The van der Waals surface area contributed by atoms with E-state index in [4.69, 9.17) is 11.6 Å². The minimum atomic E-state index is -0.526. The lowest BCUT2D eigenvalue weighted by Crippen LogP contribution is -2.39. The molecule has 4 aromatic carbocycles. The van der Waals surface area contributed by atoms with Crippen LogP contribution in [0.5, 0.6) is 0 Å². The van der Waals surface area contributed by atoms with Gasteiger partial charge in [-0.1, -0.05) is 84.4 Å². The zero-order valence-corrected chi connectivity index (χ0v) is 19.4. The molecule has 0 radical (unpaired) electrons. The molecule has 1 heterocycles. The number of carbonyl (C=O) groups is 3. The Morgan fingerprint density at radius 1 is 0.771 bits per heavy atom. The van der Waals surface area contributed by atoms with Gasteiger partial charge >= 0.3 is 0 Å². The predicted molar refractivity (Wildman–Crippen MR) is 136 cm³/mol. The van der Waals surface area contributed by atoms with E-state index >= 15 is 0 Å². The number of hydrogen-bond acceptors (Lipinski definition) is 3. The molecule has 4 aromatic rings. The molecule has 1 aliphatic heterocycles. The molecule has 2 amide bonds. The highest BCUT2D eigenvalue weighted by Gasteiger charge is 2.34. The first-order valence-electron chi connectivity index (χ1n) is 11.2. The summed E-state index contributed by atoms with van der Waals surface area (Å²) in [7, 11) is 0. The summed E-state index contributed by atoms with van der Waals surface area (Å²) >= 11 is 6.31. The molecule has 0 saturated carbocycles. The molecule has 35 heavy (non-hydrogen) atoms. The molecule has 0 spiro atoms. The topological polar surface area (TPSA) is 66.5 Å². The molecular formula is C29H21ClN2O3. The molecule has 0 saturated heterocycles. The van der Waals surface area contributed by atoms with Crippen LogP contribution in [0.15, 0.2) is 103 Å². The van der Waals surface area contributed by atoms with Crippen molar-refractivity contribution < 1.29 is 14.4 Å². The van der Waals surface area contributed by atoms with Crippen LogP contribution in [0, 0.1) is 0 Å². The van der Waals surface area contributed by atoms with Gasteiger partial charge in [-0.3, -0.25) is 14.4 Å². The van der Waals surface area contributed by atoms with Gasteiger partial charge in [0.15, 0.2) is 5.78 Å². The Kier molecular flexibility index (Phi) is 6.17. The normalized spacial score (nSPS) is 15.1. The van der Waals surface area contributed by atoms with Crippen LogP contribution in [-0.2, 0) is 4.79 Å². The van der Waals surface area contributed by atoms with Crippen LogP contribution in [0.4, 0.5) is 5.69 Å². The Bertz CT molecular complexity index is 1400. The van der Waals surface area contributed by atoms with Crippen LogP contribution in [0.25, 0.3) is 0 Å². The van der Waals surface area contributed by atoms with Gasteiger partial charge in [-0.15, -0.1) is 0 Å². The Hall–Kier alpha value is -4.22. The van der Waals surface area contributed by atoms with E-state index in [1.54, 1.807) is 59.5 Å². The highest BCUT2D eigenvalue weighted by atomic mass is 35.5. The van der Waals surface area contributed by atoms with Crippen molar-refractivity contribution in [2.24, 2.45) is 0 Å². The van der Waals surface area contributed by atoms with Crippen molar-refractivity contribution in [2.75, 3.05) is 11.9 Å². The van der Waals surface area contributed by atoms with Crippen LogP contribution in [-0.4, -0.2) is 29.0 Å². The molecule has 5 nitrogen and oxygen atoms in total. The van der Waals surface area contributed by atoms with Gasteiger partial charge in [-0.05, 0) is 35.9 Å². The summed E-state index contributed by atoms with van der Waals surface area (Å²) in [4.78, 5) is 40.8. The maximum Gasteiger partial charge on any atom is 0.255 e. The van der Waals surface area contributed by atoms with Crippen molar-refractivity contribution in [3.05, 3.63) is 136 Å². The average Bonchev–Trinajstić information content (AvgIpc) is 3.04. The lowest BCUT2D eigenvalue weighted by Gasteiger charge is -2.30. The van der Waals surface area contributed by atoms with E-state index < -0.39 is 6.04 Å². The fraction of sp³-hybridized carbons (Fsp3) is 0.0690. The summed E-state index contributed by atoms with van der Waals surface area (Å²) in [5.41, 5.74) is 3.66. The standard InChI is InChI=1S/C29H21ClN2O3/c30-23-15-16-25-24(17-23)27(19-7-3-1-4-8-19)32(18-26(33)31-25)29(35)22-13-11-21(12-14-22)28(34)20-9-5-2-6-10-20/h1-17,27H,18H2,(H,31,33)/t27-/m1/s1. The van der Waals surface area contributed by atoms with Gasteiger partial charge in [0.1, 0.15) is 6.54 Å². The average molecular weight is 481 g/mol. The highest BCUT2D eigenvalue weighted by molar-refractivity contribution is 6.30. The van der Waals surface area contributed by atoms with Crippen molar-refractivity contribution >= 4 is 34.9 Å². The number of benzene rings is 4. The highest BCUT2D eigenvalue weighted by Crippen LogP contribution is 2.38. The third-order valence-electron chi connectivity index (χ3n) is 6.01. The molecule has 172 valence electrons. The number of fused-ring (bicyclic) bond motifs is 1. The molecular weight excluding hydrogens is 460 g/mol. The number of carbonyl (C=O) groups excluding carboxylic acids is 3. The van der Waals surface area contributed by atoms with E-state index in [-0.39, 0.29) is 24.1 Å². The number of rotatable bonds is 4. The monoisotopic (exact) mass is 480 g/mol. The fourth-order valence-electron chi connectivity index (χ4n) is 4.35. The maximum atomic E-state index is 13.8. The Balaban J connectivity index is 1.53. The van der Waals surface area contributed by atoms with Crippen LogP contribution in [0.1, 0.15) is 43.4 Å². The van der Waals surface area contributed by atoms with Crippen LogP contribution in [0.3, 0.4) is 0 Å². The lowest BCUT2D eigenvalue weighted by molar-refractivity contribution is -0.117. The summed E-state index contributed by atoms with van der Waals surface area (Å²) in [6.07, 6.45) is 0. The Morgan fingerprint density at radius 2 is 1.37 bits per heavy atom. The number of amides is 2. The van der Waals surface area contributed by atoms with Crippen molar-refractivity contribution in [3.63, 3.8) is 0 Å². The van der Waals surface area contributed by atoms with Crippen LogP contribution >= 0.6 is 11.6 Å². The smallest absolute Gasteiger partial charge is 0.255 e. The summed E-state index contributed by atoms with van der Waals surface area (Å²) in [5.74, 6) is -0.735. The van der Waals surface area contributed by atoms with Crippen LogP contribution < -0.4 is 5.32 Å². The van der Waals surface area contributed by atoms with Crippen molar-refractivity contribution in [2.45, 2.75) is 6.04 Å². The predicted octanol–water partition coefficient (Wildman–Crippen LogP) is 5.75. The van der Waals surface area contributed by atoms with Crippen LogP contribution in [0.2, 0.25) is 5.02 Å². The third kappa shape index (κ3) is 4.59. The summed E-state index contributed by atoms with van der Waals surface area (Å²) in [6, 6.07) is 29.8. The van der Waals surface area contributed by atoms with Crippen molar-refractivity contribution in [1.82, 2.24) is 4.90 Å². The second-order valence-electron chi connectivity index (χ2n) is 8.30. The lowest BCUT2D eigenvalue weighted by atomic mass is 9.95. The number of nitrogens with one attached hydrogen (secondary N) is 1. The number of ketones is 1. The number of halogens is 1. The Labute approximate surface area is 208 Å². The maximum absolute atomic E-state index is 13.8. The zero-order valence-electron chi connectivity index (χ0n) is 18.6. The zero-order chi connectivity index (χ0) is 24.4. The molecule has 0 aromatic heterocycles. The third-order valence-corrected chi connectivity index (χ3v) is 6.25. The first-order valence-corrected chi connectivity index (χ1v) is 11.5. The van der Waals surface area contributed by atoms with Gasteiger partial charge in [0, 0.05) is 33.0 Å². The fourth-order valence-corrected chi connectivity index (χ4v) is 4.53. The van der Waals surface area contributed by atoms with E-state index in [0.29, 0.717) is 27.4 Å². The molecule has 5 rings (SSSR count). The molecule has 1 atom stereocenters.